The molecule has 4 heteroatoms. The Balaban J connectivity index is 2.11. The van der Waals surface area contributed by atoms with Gasteiger partial charge in [0, 0.05) is 18.3 Å². The first kappa shape index (κ1) is 12.9. The highest BCUT2D eigenvalue weighted by molar-refractivity contribution is 5.86. The van der Waals surface area contributed by atoms with Gasteiger partial charge >= 0.3 is 5.97 Å². The summed E-state index contributed by atoms with van der Waals surface area (Å²) in [6.07, 6.45) is 4.09. The predicted octanol–water partition coefficient (Wildman–Crippen LogP) is 2.69. The number of esters is 1. The third-order valence-corrected chi connectivity index (χ3v) is 3.44. The van der Waals surface area contributed by atoms with E-state index in [0.717, 1.165) is 18.6 Å². The molecular formula is C14H18O4. The van der Waals surface area contributed by atoms with Crippen molar-refractivity contribution in [2.24, 2.45) is 5.92 Å². The molecule has 0 radical (unpaired) electrons. The molecule has 2 rings (SSSR count). The Morgan fingerprint density at radius 3 is 3.06 bits per heavy atom. The molecule has 0 N–H and O–H groups in total. The van der Waals surface area contributed by atoms with Crippen molar-refractivity contribution < 1.29 is 18.7 Å². The summed E-state index contributed by atoms with van der Waals surface area (Å²) in [6.45, 7) is 2.12. The summed E-state index contributed by atoms with van der Waals surface area (Å²) in [7, 11) is 0. The second kappa shape index (κ2) is 5.85. The van der Waals surface area contributed by atoms with Crippen LogP contribution in [0, 0.1) is 5.92 Å². The molecule has 1 aliphatic rings. The van der Waals surface area contributed by atoms with E-state index in [2.05, 4.69) is 0 Å². The lowest BCUT2D eigenvalue weighted by Gasteiger charge is -2.28. The molecule has 4 nitrogen and oxygen atoms in total. The quantitative estimate of drug-likeness (QED) is 0.771. The van der Waals surface area contributed by atoms with Gasteiger partial charge in [-0.1, -0.05) is 0 Å². The normalized spacial score (nSPS) is 23.9. The van der Waals surface area contributed by atoms with Crippen molar-refractivity contribution in [1.82, 2.24) is 0 Å². The lowest BCUT2D eigenvalue weighted by atomic mass is 9.75. The van der Waals surface area contributed by atoms with Crippen LogP contribution in [0.2, 0.25) is 0 Å². The number of carbonyl (C=O) groups excluding carboxylic acids is 2. The zero-order valence-corrected chi connectivity index (χ0v) is 10.6. The number of carbonyl (C=O) groups is 2. The molecular weight excluding hydrogens is 232 g/mol. The Hall–Kier alpha value is -1.58. The van der Waals surface area contributed by atoms with Gasteiger partial charge in [0.2, 0.25) is 0 Å². The highest BCUT2D eigenvalue weighted by atomic mass is 16.5. The molecule has 1 aromatic heterocycles. The van der Waals surface area contributed by atoms with Crippen molar-refractivity contribution in [3.63, 3.8) is 0 Å². The van der Waals surface area contributed by atoms with Gasteiger partial charge in [-0.25, -0.2) is 0 Å². The molecule has 0 spiro atoms. The summed E-state index contributed by atoms with van der Waals surface area (Å²) in [5.41, 5.74) is 0. The molecule has 0 bridgehead atoms. The standard InChI is InChI=1S/C14H18O4/c1-2-17-14(16)9-11-10(5-3-6-12(11)15)13-7-4-8-18-13/h4,7-8,10-11H,2-3,5-6,9H2,1H3/t10-,11+/m1/s1. The molecule has 98 valence electrons. The maximum atomic E-state index is 12.0. The van der Waals surface area contributed by atoms with Crippen LogP contribution in [0.3, 0.4) is 0 Å². The molecule has 1 saturated carbocycles. The van der Waals surface area contributed by atoms with Gasteiger partial charge in [-0.3, -0.25) is 9.59 Å². The van der Waals surface area contributed by atoms with Gasteiger partial charge in [0.25, 0.3) is 0 Å². The first-order valence-electron chi connectivity index (χ1n) is 6.44. The topological polar surface area (TPSA) is 56.5 Å². The molecule has 1 heterocycles. The number of ether oxygens (including phenoxy) is 1. The first-order chi connectivity index (χ1) is 8.72. The number of hydrogen-bond donors (Lipinski definition) is 0. The number of ketones is 1. The molecule has 0 unspecified atom stereocenters. The zero-order valence-electron chi connectivity index (χ0n) is 10.6. The van der Waals surface area contributed by atoms with Crippen LogP contribution >= 0.6 is 0 Å². The van der Waals surface area contributed by atoms with Crippen molar-refractivity contribution >= 4 is 11.8 Å². The average Bonchev–Trinajstić information content (AvgIpc) is 2.85. The number of hydrogen-bond acceptors (Lipinski definition) is 4. The second-order valence-electron chi connectivity index (χ2n) is 4.60. The van der Waals surface area contributed by atoms with E-state index < -0.39 is 0 Å². The van der Waals surface area contributed by atoms with Crippen molar-refractivity contribution in [2.75, 3.05) is 6.61 Å². The average molecular weight is 250 g/mol. The van der Waals surface area contributed by atoms with Gasteiger partial charge in [-0.05, 0) is 31.9 Å². The SMILES string of the molecule is CCOC(=O)C[C@@H]1C(=O)CCC[C@H]1c1ccco1. The van der Waals surface area contributed by atoms with Crippen molar-refractivity contribution in [3.8, 4) is 0 Å². The summed E-state index contributed by atoms with van der Waals surface area (Å²) in [5, 5.41) is 0. The fraction of sp³-hybridized carbons (Fsp3) is 0.571. The maximum absolute atomic E-state index is 12.0. The van der Waals surface area contributed by atoms with Gasteiger partial charge in [0.05, 0.1) is 19.3 Å². The van der Waals surface area contributed by atoms with Gasteiger partial charge in [0.1, 0.15) is 11.5 Å². The molecule has 0 amide bonds. The van der Waals surface area contributed by atoms with E-state index in [1.165, 1.54) is 0 Å². The summed E-state index contributed by atoms with van der Waals surface area (Å²) in [6, 6.07) is 3.69. The van der Waals surface area contributed by atoms with E-state index in [-0.39, 0.29) is 30.0 Å². The smallest absolute Gasteiger partial charge is 0.306 e. The lowest BCUT2D eigenvalue weighted by Crippen LogP contribution is -2.29. The van der Waals surface area contributed by atoms with E-state index >= 15 is 0 Å². The predicted molar refractivity (Wildman–Crippen MR) is 65.0 cm³/mol. The number of furan rings is 1. The Morgan fingerprint density at radius 1 is 1.56 bits per heavy atom. The van der Waals surface area contributed by atoms with E-state index in [1.807, 2.05) is 12.1 Å². The van der Waals surface area contributed by atoms with Gasteiger partial charge in [-0.15, -0.1) is 0 Å². The van der Waals surface area contributed by atoms with E-state index in [1.54, 1.807) is 13.2 Å². The molecule has 0 saturated heterocycles. The maximum Gasteiger partial charge on any atom is 0.306 e. The second-order valence-corrected chi connectivity index (χ2v) is 4.60. The summed E-state index contributed by atoms with van der Waals surface area (Å²) < 4.78 is 10.3. The summed E-state index contributed by atoms with van der Waals surface area (Å²) >= 11 is 0. The fourth-order valence-corrected chi connectivity index (χ4v) is 2.61. The molecule has 1 aromatic rings. The summed E-state index contributed by atoms with van der Waals surface area (Å²) in [4.78, 5) is 23.6. The minimum absolute atomic E-state index is 0.0191. The largest absolute Gasteiger partial charge is 0.469 e. The third kappa shape index (κ3) is 2.81. The summed E-state index contributed by atoms with van der Waals surface area (Å²) in [5.74, 6) is 0.386. The van der Waals surface area contributed by atoms with Crippen LogP contribution in [0.25, 0.3) is 0 Å². The van der Waals surface area contributed by atoms with Crippen LogP contribution in [0.5, 0.6) is 0 Å². The van der Waals surface area contributed by atoms with Gasteiger partial charge in [-0.2, -0.15) is 0 Å². The fourth-order valence-electron chi connectivity index (χ4n) is 2.61. The highest BCUT2D eigenvalue weighted by Gasteiger charge is 2.36. The van der Waals surface area contributed by atoms with Gasteiger partial charge < -0.3 is 9.15 Å². The monoisotopic (exact) mass is 250 g/mol. The number of Topliss-reactive ketones (excluding diaryl/α,β-unsaturated/α-hetero) is 1. The molecule has 18 heavy (non-hydrogen) atoms. The third-order valence-electron chi connectivity index (χ3n) is 3.44. The molecule has 0 aromatic carbocycles. The minimum Gasteiger partial charge on any atom is -0.469 e. The van der Waals surface area contributed by atoms with Gasteiger partial charge in [0.15, 0.2) is 0 Å². The Bertz CT molecular complexity index is 407. The van der Waals surface area contributed by atoms with Crippen molar-refractivity contribution in [1.29, 1.82) is 0 Å². The van der Waals surface area contributed by atoms with Crippen molar-refractivity contribution in [2.45, 2.75) is 38.5 Å². The van der Waals surface area contributed by atoms with Crippen LogP contribution < -0.4 is 0 Å². The zero-order chi connectivity index (χ0) is 13.0. The minimum atomic E-state index is -0.297. The van der Waals surface area contributed by atoms with E-state index in [0.29, 0.717) is 13.0 Å². The Morgan fingerprint density at radius 2 is 2.39 bits per heavy atom. The number of rotatable bonds is 4. The molecule has 0 aliphatic heterocycles. The van der Waals surface area contributed by atoms with E-state index in [4.69, 9.17) is 9.15 Å². The van der Waals surface area contributed by atoms with E-state index in [9.17, 15) is 9.59 Å². The Labute approximate surface area is 106 Å². The molecule has 1 fully saturated rings. The van der Waals surface area contributed by atoms with Crippen LogP contribution in [-0.2, 0) is 14.3 Å². The molecule has 2 atom stereocenters. The van der Waals surface area contributed by atoms with Crippen LogP contribution in [0.15, 0.2) is 22.8 Å². The van der Waals surface area contributed by atoms with Crippen LogP contribution in [-0.4, -0.2) is 18.4 Å². The van der Waals surface area contributed by atoms with Crippen LogP contribution in [0.4, 0.5) is 0 Å². The molecule has 1 aliphatic carbocycles. The first-order valence-corrected chi connectivity index (χ1v) is 6.44. The lowest BCUT2D eigenvalue weighted by molar-refractivity contribution is -0.147. The van der Waals surface area contributed by atoms with Crippen molar-refractivity contribution in [3.05, 3.63) is 24.2 Å². The highest BCUT2D eigenvalue weighted by Crippen LogP contribution is 2.38. The Kier molecular flexibility index (Phi) is 4.18. The van der Waals surface area contributed by atoms with Crippen LogP contribution in [0.1, 0.15) is 44.3 Å².